The third-order valence-electron chi connectivity index (χ3n) is 5.15. The van der Waals surface area contributed by atoms with Crippen LogP contribution in [0, 0.1) is 5.92 Å². The molecular formula is C19H27N3O2. The summed E-state index contributed by atoms with van der Waals surface area (Å²) in [7, 11) is 0. The van der Waals surface area contributed by atoms with Crippen LogP contribution in [0.1, 0.15) is 42.5 Å². The Morgan fingerprint density at radius 3 is 2.54 bits per heavy atom. The molecule has 0 aromatic heterocycles. The van der Waals surface area contributed by atoms with Crippen molar-refractivity contribution in [1.29, 1.82) is 0 Å². The van der Waals surface area contributed by atoms with Gasteiger partial charge in [-0.25, -0.2) is 0 Å². The van der Waals surface area contributed by atoms with Gasteiger partial charge in [-0.15, -0.1) is 0 Å². The first kappa shape index (κ1) is 17.0. The van der Waals surface area contributed by atoms with Gasteiger partial charge in [0.05, 0.1) is 0 Å². The molecule has 0 saturated carbocycles. The highest BCUT2D eigenvalue weighted by molar-refractivity contribution is 5.94. The number of benzene rings is 1. The number of rotatable bonds is 5. The summed E-state index contributed by atoms with van der Waals surface area (Å²) in [5.41, 5.74) is 0.696. The highest BCUT2D eigenvalue weighted by atomic mass is 16.2. The van der Waals surface area contributed by atoms with Crippen molar-refractivity contribution in [2.24, 2.45) is 5.92 Å². The van der Waals surface area contributed by atoms with Crippen molar-refractivity contribution in [2.45, 2.75) is 38.1 Å². The highest BCUT2D eigenvalue weighted by Crippen LogP contribution is 2.17. The fourth-order valence-corrected chi connectivity index (χ4v) is 3.58. The molecule has 5 heteroatoms. The maximum atomic E-state index is 12.3. The number of amides is 2. The Kier molecular flexibility index (Phi) is 5.86. The smallest absolute Gasteiger partial charge is 0.251 e. The van der Waals surface area contributed by atoms with Crippen LogP contribution in [0.25, 0.3) is 0 Å². The molecule has 2 heterocycles. The topological polar surface area (TPSA) is 61.4 Å². The molecule has 1 unspecified atom stereocenters. The summed E-state index contributed by atoms with van der Waals surface area (Å²) in [6.07, 6.45) is 4.54. The fraction of sp³-hybridized carbons (Fsp3) is 0.579. The van der Waals surface area contributed by atoms with Crippen LogP contribution < -0.4 is 10.6 Å². The second-order valence-electron chi connectivity index (χ2n) is 6.89. The maximum absolute atomic E-state index is 12.3. The molecule has 3 rings (SSSR count). The van der Waals surface area contributed by atoms with Crippen LogP contribution in [0.5, 0.6) is 0 Å². The summed E-state index contributed by atoms with van der Waals surface area (Å²) in [6.45, 7) is 3.65. The first-order chi connectivity index (χ1) is 11.7. The van der Waals surface area contributed by atoms with Crippen LogP contribution in [0.3, 0.4) is 0 Å². The summed E-state index contributed by atoms with van der Waals surface area (Å²) in [5, 5.41) is 6.43. The van der Waals surface area contributed by atoms with E-state index in [1.165, 1.54) is 6.42 Å². The van der Waals surface area contributed by atoms with Crippen LogP contribution in [-0.4, -0.2) is 48.9 Å². The molecule has 2 fully saturated rings. The second kappa shape index (κ2) is 8.29. The molecule has 0 aliphatic carbocycles. The molecule has 0 spiro atoms. The minimum Gasteiger partial charge on any atom is -0.349 e. The number of hydrogen-bond acceptors (Lipinski definition) is 3. The average molecular weight is 329 g/mol. The summed E-state index contributed by atoms with van der Waals surface area (Å²) in [5.74, 6) is 0.917. The highest BCUT2D eigenvalue weighted by Gasteiger charge is 2.25. The zero-order valence-corrected chi connectivity index (χ0v) is 14.2. The largest absolute Gasteiger partial charge is 0.349 e. The van der Waals surface area contributed by atoms with Gasteiger partial charge in [-0.3, -0.25) is 9.59 Å². The van der Waals surface area contributed by atoms with Crippen molar-refractivity contribution in [3.8, 4) is 0 Å². The van der Waals surface area contributed by atoms with E-state index >= 15 is 0 Å². The lowest BCUT2D eigenvalue weighted by Crippen LogP contribution is -2.46. The molecular weight excluding hydrogens is 302 g/mol. The first-order valence-corrected chi connectivity index (χ1v) is 9.07. The summed E-state index contributed by atoms with van der Waals surface area (Å²) in [6, 6.07) is 9.47. The quantitative estimate of drug-likeness (QED) is 0.866. The molecule has 130 valence electrons. The van der Waals surface area contributed by atoms with Gasteiger partial charge in [0.15, 0.2) is 0 Å². The van der Waals surface area contributed by atoms with E-state index < -0.39 is 0 Å². The van der Waals surface area contributed by atoms with E-state index in [-0.39, 0.29) is 17.9 Å². The fourth-order valence-electron chi connectivity index (χ4n) is 3.58. The molecule has 1 aromatic rings. The number of nitrogens with one attached hydrogen (secondary N) is 2. The predicted molar refractivity (Wildman–Crippen MR) is 93.7 cm³/mol. The SMILES string of the molecule is O=C(NC1CCN(C(=O)CCC2CCNC2)CC1)c1ccccc1. The van der Waals surface area contributed by atoms with E-state index in [0.717, 1.165) is 45.4 Å². The Bertz CT molecular complexity index is 547. The van der Waals surface area contributed by atoms with Crippen molar-refractivity contribution in [2.75, 3.05) is 26.2 Å². The Hall–Kier alpha value is -1.88. The number of likely N-dealkylation sites (tertiary alicyclic amines) is 1. The van der Waals surface area contributed by atoms with Crippen molar-refractivity contribution in [1.82, 2.24) is 15.5 Å². The Balaban J connectivity index is 1.39. The van der Waals surface area contributed by atoms with Gasteiger partial charge in [-0.1, -0.05) is 18.2 Å². The van der Waals surface area contributed by atoms with E-state index in [2.05, 4.69) is 10.6 Å². The average Bonchev–Trinajstić information content (AvgIpc) is 3.14. The van der Waals surface area contributed by atoms with E-state index in [0.29, 0.717) is 17.9 Å². The van der Waals surface area contributed by atoms with Gasteiger partial charge in [-0.2, -0.15) is 0 Å². The second-order valence-corrected chi connectivity index (χ2v) is 6.89. The van der Waals surface area contributed by atoms with E-state index in [1.54, 1.807) is 0 Å². The molecule has 1 aromatic carbocycles. The standard InChI is InChI=1S/C19H27N3O2/c23-18(7-6-15-8-11-20-14-15)22-12-9-17(10-13-22)21-19(24)16-4-2-1-3-5-16/h1-5,15,17,20H,6-14H2,(H,21,24). The zero-order valence-electron chi connectivity index (χ0n) is 14.2. The van der Waals surface area contributed by atoms with Crippen molar-refractivity contribution < 1.29 is 9.59 Å². The maximum Gasteiger partial charge on any atom is 0.251 e. The van der Waals surface area contributed by atoms with Gasteiger partial charge < -0.3 is 15.5 Å². The third-order valence-corrected chi connectivity index (χ3v) is 5.15. The Morgan fingerprint density at radius 2 is 1.88 bits per heavy atom. The van der Waals surface area contributed by atoms with E-state index in [4.69, 9.17) is 0 Å². The Labute approximate surface area is 143 Å². The molecule has 2 saturated heterocycles. The van der Waals surface area contributed by atoms with Crippen LogP contribution >= 0.6 is 0 Å². The van der Waals surface area contributed by atoms with Crippen LogP contribution in [0.4, 0.5) is 0 Å². The number of hydrogen-bond donors (Lipinski definition) is 2. The number of nitrogens with zero attached hydrogens (tertiary/aromatic N) is 1. The number of carbonyl (C=O) groups is 2. The lowest BCUT2D eigenvalue weighted by molar-refractivity contribution is -0.132. The van der Waals surface area contributed by atoms with Gasteiger partial charge in [0.1, 0.15) is 0 Å². The van der Waals surface area contributed by atoms with Gasteiger partial charge in [-0.05, 0) is 56.8 Å². The van der Waals surface area contributed by atoms with Crippen LogP contribution in [0.15, 0.2) is 30.3 Å². The zero-order chi connectivity index (χ0) is 16.8. The van der Waals surface area contributed by atoms with Crippen LogP contribution in [0.2, 0.25) is 0 Å². The van der Waals surface area contributed by atoms with Gasteiger partial charge in [0.25, 0.3) is 5.91 Å². The summed E-state index contributed by atoms with van der Waals surface area (Å²) in [4.78, 5) is 26.5. The van der Waals surface area contributed by atoms with Gasteiger partial charge >= 0.3 is 0 Å². The molecule has 5 nitrogen and oxygen atoms in total. The molecule has 2 amide bonds. The van der Waals surface area contributed by atoms with Crippen molar-refractivity contribution in [3.05, 3.63) is 35.9 Å². The minimum absolute atomic E-state index is 0.0193. The predicted octanol–water partition coefficient (Wildman–Crippen LogP) is 1.80. The van der Waals surface area contributed by atoms with Gasteiger partial charge in [0, 0.05) is 31.1 Å². The Morgan fingerprint density at radius 1 is 1.12 bits per heavy atom. The summed E-state index contributed by atoms with van der Waals surface area (Å²) >= 11 is 0. The van der Waals surface area contributed by atoms with Crippen molar-refractivity contribution >= 4 is 11.8 Å². The number of piperidine rings is 1. The summed E-state index contributed by atoms with van der Waals surface area (Å²) < 4.78 is 0. The van der Waals surface area contributed by atoms with E-state index in [1.807, 2.05) is 35.2 Å². The van der Waals surface area contributed by atoms with Gasteiger partial charge in [0.2, 0.25) is 5.91 Å². The molecule has 0 bridgehead atoms. The molecule has 24 heavy (non-hydrogen) atoms. The molecule has 2 N–H and O–H groups in total. The lowest BCUT2D eigenvalue weighted by atomic mass is 10.0. The van der Waals surface area contributed by atoms with Crippen molar-refractivity contribution in [3.63, 3.8) is 0 Å². The first-order valence-electron chi connectivity index (χ1n) is 9.07. The molecule has 1 atom stereocenters. The normalized spacial score (nSPS) is 21.7. The monoisotopic (exact) mass is 329 g/mol. The molecule has 0 radical (unpaired) electrons. The van der Waals surface area contributed by atoms with Crippen LogP contribution in [-0.2, 0) is 4.79 Å². The minimum atomic E-state index is -0.0193. The molecule has 2 aliphatic heterocycles. The number of carbonyl (C=O) groups excluding carboxylic acids is 2. The van der Waals surface area contributed by atoms with E-state index in [9.17, 15) is 9.59 Å². The third kappa shape index (κ3) is 4.57. The molecule has 2 aliphatic rings. The lowest BCUT2D eigenvalue weighted by Gasteiger charge is -2.32.